The number of aliphatic hydroxyl groups is 1. The highest BCUT2D eigenvalue weighted by Crippen LogP contribution is 2.29. The Bertz CT molecular complexity index is 700. The lowest BCUT2D eigenvalue weighted by Crippen LogP contribution is -1.92. The van der Waals surface area contributed by atoms with Crippen LogP contribution in [0.15, 0.2) is 30.6 Å². The Morgan fingerprint density at radius 1 is 1.40 bits per heavy atom. The largest absolute Gasteiger partial charge is 0.451 e. The second-order valence-corrected chi connectivity index (χ2v) is 3.67. The predicted molar refractivity (Wildman–Crippen MR) is 67.9 cm³/mol. The lowest BCUT2D eigenvalue weighted by Gasteiger charge is -2.05. The predicted octanol–water partition coefficient (Wildman–Crippen LogP) is 2.20. The third-order valence-corrected chi connectivity index (χ3v) is 2.36. The number of nitro benzene ring substituents is 1. The third kappa shape index (κ3) is 2.93. The van der Waals surface area contributed by atoms with Crippen LogP contribution in [0.25, 0.3) is 0 Å². The number of aliphatic hydroxyl groups excluding tert-OH is 1. The second-order valence-electron chi connectivity index (χ2n) is 3.67. The Morgan fingerprint density at radius 3 is 2.85 bits per heavy atom. The van der Waals surface area contributed by atoms with Crippen LogP contribution >= 0.6 is 0 Å². The van der Waals surface area contributed by atoms with Gasteiger partial charge in [-0.1, -0.05) is 11.8 Å². The van der Waals surface area contributed by atoms with E-state index >= 15 is 0 Å². The number of non-ortho nitro benzene ring substituents is 1. The summed E-state index contributed by atoms with van der Waals surface area (Å²) < 4.78 is 19.0. The van der Waals surface area contributed by atoms with Crippen LogP contribution in [-0.4, -0.2) is 21.6 Å². The first kappa shape index (κ1) is 13.6. The molecule has 2 N–H and O–H groups in total. The molecule has 0 saturated heterocycles. The maximum absolute atomic E-state index is 13.7. The van der Waals surface area contributed by atoms with Crippen molar-refractivity contribution in [2.75, 3.05) is 6.61 Å². The Morgan fingerprint density at radius 2 is 2.20 bits per heavy atom. The highest BCUT2D eigenvalue weighted by molar-refractivity contribution is 5.47. The van der Waals surface area contributed by atoms with Crippen LogP contribution in [0, 0.1) is 27.8 Å². The van der Waals surface area contributed by atoms with Crippen molar-refractivity contribution in [2.24, 2.45) is 0 Å². The van der Waals surface area contributed by atoms with Gasteiger partial charge in [0.1, 0.15) is 6.61 Å². The molecule has 0 unspecified atom stereocenters. The number of ether oxygens (including phenoxy) is 1. The second kappa shape index (κ2) is 5.86. The van der Waals surface area contributed by atoms with Gasteiger partial charge >= 0.3 is 0 Å². The average Bonchev–Trinajstić information content (AvgIpc) is 2.85. The first-order valence-electron chi connectivity index (χ1n) is 5.50. The molecule has 1 aromatic carbocycles. The molecule has 2 aromatic rings. The lowest BCUT2D eigenvalue weighted by molar-refractivity contribution is -0.385. The highest BCUT2D eigenvalue weighted by Gasteiger charge is 2.13. The summed E-state index contributed by atoms with van der Waals surface area (Å²) in [5, 5.41) is 19.1. The molecule has 7 heteroatoms. The fourth-order valence-corrected chi connectivity index (χ4v) is 1.47. The molecule has 0 radical (unpaired) electrons. The van der Waals surface area contributed by atoms with Gasteiger partial charge in [-0.2, -0.15) is 0 Å². The number of aromatic amines is 1. The summed E-state index contributed by atoms with van der Waals surface area (Å²) in [7, 11) is 0. The van der Waals surface area contributed by atoms with Crippen LogP contribution in [0.3, 0.4) is 0 Å². The zero-order valence-corrected chi connectivity index (χ0v) is 10.1. The van der Waals surface area contributed by atoms with Gasteiger partial charge in [-0.15, -0.1) is 0 Å². The van der Waals surface area contributed by atoms with Crippen LogP contribution < -0.4 is 4.74 Å². The molecule has 0 spiro atoms. The van der Waals surface area contributed by atoms with Gasteiger partial charge in [0.2, 0.25) is 0 Å². The van der Waals surface area contributed by atoms with Crippen LogP contribution in [0.4, 0.5) is 10.1 Å². The van der Waals surface area contributed by atoms with Gasteiger partial charge in [0.25, 0.3) is 5.69 Å². The number of aromatic nitrogens is 1. The molecule has 102 valence electrons. The smallest absolute Gasteiger partial charge is 0.272 e. The van der Waals surface area contributed by atoms with Crippen LogP contribution in [0.1, 0.15) is 5.56 Å². The van der Waals surface area contributed by atoms with Gasteiger partial charge in [0.05, 0.1) is 16.6 Å². The molecule has 0 aliphatic heterocycles. The third-order valence-electron chi connectivity index (χ3n) is 2.36. The summed E-state index contributed by atoms with van der Waals surface area (Å²) >= 11 is 0. The van der Waals surface area contributed by atoms with Crippen LogP contribution in [0.5, 0.6) is 11.5 Å². The molecule has 20 heavy (non-hydrogen) atoms. The fourth-order valence-electron chi connectivity index (χ4n) is 1.47. The van der Waals surface area contributed by atoms with Crippen LogP contribution in [-0.2, 0) is 0 Å². The van der Waals surface area contributed by atoms with E-state index in [0.717, 1.165) is 12.1 Å². The standard InChI is InChI=1S/C13H9FN2O4/c14-11-6-10(16(18)19)3-4-12(11)20-13-8-15-7-9(13)2-1-5-17/h3-4,6-8,15,17H,5H2. The van der Waals surface area contributed by atoms with Gasteiger partial charge < -0.3 is 14.8 Å². The summed E-state index contributed by atoms with van der Waals surface area (Å²) in [6, 6.07) is 3.09. The number of H-pyrrole nitrogens is 1. The normalized spacial score (nSPS) is 9.70. The molecule has 0 aliphatic rings. The van der Waals surface area contributed by atoms with E-state index in [4.69, 9.17) is 9.84 Å². The Balaban J connectivity index is 2.27. The molecule has 0 atom stereocenters. The molecule has 0 fully saturated rings. The van der Waals surface area contributed by atoms with Crippen molar-refractivity contribution in [3.05, 3.63) is 52.1 Å². The molecule has 0 amide bonds. The highest BCUT2D eigenvalue weighted by atomic mass is 19.1. The topological polar surface area (TPSA) is 88.4 Å². The van der Waals surface area contributed by atoms with E-state index in [2.05, 4.69) is 16.8 Å². The molecule has 6 nitrogen and oxygen atoms in total. The van der Waals surface area contributed by atoms with Crippen molar-refractivity contribution in [3.63, 3.8) is 0 Å². The van der Waals surface area contributed by atoms with E-state index in [1.807, 2.05) is 0 Å². The van der Waals surface area contributed by atoms with Crippen molar-refractivity contribution >= 4 is 5.69 Å². The minimum Gasteiger partial charge on any atom is -0.451 e. The van der Waals surface area contributed by atoms with E-state index in [-0.39, 0.29) is 23.8 Å². The van der Waals surface area contributed by atoms with Gasteiger partial charge in [0, 0.05) is 18.5 Å². The first-order valence-corrected chi connectivity index (χ1v) is 5.50. The summed E-state index contributed by atoms with van der Waals surface area (Å²) in [5.74, 6) is 4.33. The maximum Gasteiger partial charge on any atom is 0.272 e. The molecule has 0 bridgehead atoms. The zero-order chi connectivity index (χ0) is 14.5. The number of hydrogen-bond donors (Lipinski definition) is 2. The molecule has 0 saturated carbocycles. The van der Waals surface area contributed by atoms with Gasteiger partial charge in [0.15, 0.2) is 17.3 Å². The molecule has 1 aromatic heterocycles. The first-order chi connectivity index (χ1) is 9.61. The van der Waals surface area contributed by atoms with Crippen molar-refractivity contribution in [1.29, 1.82) is 0 Å². The number of halogens is 1. The number of nitro groups is 1. The van der Waals surface area contributed by atoms with E-state index in [1.165, 1.54) is 18.5 Å². The van der Waals surface area contributed by atoms with E-state index < -0.39 is 10.7 Å². The fraction of sp³-hybridized carbons (Fsp3) is 0.0769. The van der Waals surface area contributed by atoms with Crippen molar-refractivity contribution in [1.82, 2.24) is 4.98 Å². The lowest BCUT2D eigenvalue weighted by atomic mass is 10.3. The van der Waals surface area contributed by atoms with Crippen molar-refractivity contribution < 1.29 is 19.2 Å². The Kier molecular flexibility index (Phi) is 3.98. The summed E-state index contributed by atoms with van der Waals surface area (Å²) in [5.41, 5.74) is 0.0843. The molecule has 0 aliphatic carbocycles. The minimum absolute atomic E-state index is 0.151. The Hall–Kier alpha value is -2.85. The van der Waals surface area contributed by atoms with Crippen LogP contribution in [0.2, 0.25) is 0 Å². The number of nitrogens with zero attached hydrogens (tertiary/aromatic N) is 1. The van der Waals surface area contributed by atoms with E-state index in [0.29, 0.717) is 5.56 Å². The monoisotopic (exact) mass is 276 g/mol. The minimum atomic E-state index is -0.846. The number of benzene rings is 1. The SMILES string of the molecule is O=[N+]([O-])c1ccc(Oc2c[nH]cc2C#CCO)c(F)c1. The number of hydrogen-bond acceptors (Lipinski definition) is 4. The van der Waals surface area contributed by atoms with Gasteiger partial charge in [-0.3, -0.25) is 10.1 Å². The molecule has 2 rings (SSSR count). The van der Waals surface area contributed by atoms with Gasteiger partial charge in [-0.05, 0) is 6.07 Å². The van der Waals surface area contributed by atoms with E-state index in [9.17, 15) is 14.5 Å². The summed E-state index contributed by atoms with van der Waals surface area (Å²) in [6.07, 6.45) is 2.99. The average molecular weight is 276 g/mol. The van der Waals surface area contributed by atoms with E-state index in [1.54, 1.807) is 0 Å². The number of rotatable bonds is 3. The number of nitrogens with one attached hydrogen (secondary N) is 1. The maximum atomic E-state index is 13.7. The zero-order valence-electron chi connectivity index (χ0n) is 10.1. The van der Waals surface area contributed by atoms with Gasteiger partial charge in [-0.25, -0.2) is 4.39 Å². The quantitative estimate of drug-likeness (QED) is 0.511. The molecular formula is C13H9FN2O4. The molecular weight excluding hydrogens is 267 g/mol. The van der Waals surface area contributed by atoms with Crippen molar-refractivity contribution in [3.8, 4) is 23.3 Å². The Labute approximate surface area is 113 Å². The summed E-state index contributed by atoms with van der Waals surface area (Å²) in [4.78, 5) is 12.5. The summed E-state index contributed by atoms with van der Waals surface area (Å²) in [6.45, 7) is -0.309. The molecule has 1 heterocycles. The van der Waals surface area contributed by atoms with Crippen molar-refractivity contribution in [2.45, 2.75) is 0 Å².